The number of fused-ring (bicyclic) bond motifs is 1. The molecule has 2 N–H and O–H groups in total. The molecule has 23 heavy (non-hydrogen) atoms. The van der Waals surface area contributed by atoms with Crippen LogP contribution in [0.5, 0.6) is 11.5 Å². The molecule has 1 aliphatic heterocycles. The maximum Gasteiger partial charge on any atom is 0.319 e. The topological polar surface area (TPSA) is 76.7 Å². The van der Waals surface area contributed by atoms with Gasteiger partial charge >= 0.3 is 6.03 Å². The third-order valence-corrected chi connectivity index (χ3v) is 3.44. The molecule has 6 heteroatoms. The summed E-state index contributed by atoms with van der Waals surface area (Å²) in [6.45, 7) is 2.09. The van der Waals surface area contributed by atoms with E-state index in [4.69, 9.17) is 9.47 Å². The van der Waals surface area contributed by atoms with Crippen molar-refractivity contribution in [3.8, 4) is 11.5 Å². The largest absolute Gasteiger partial charge is 0.454 e. The van der Waals surface area contributed by atoms with Crippen molar-refractivity contribution in [3.05, 3.63) is 53.6 Å². The molecular formula is C17H16N2O4. The predicted octanol–water partition coefficient (Wildman–Crippen LogP) is 2.94. The molecule has 0 spiro atoms. The van der Waals surface area contributed by atoms with Gasteiger partial charge in [-0.05, 0) is 48.9 Å². The Morgan fingerprint density at radius 1 is 1.04 bits per heavy atom. The van der Waals surface area contributed by atoms with Crippen molar-refractivity contribution in [2.75, 3.05) is 12.1 Å². The Morgan fingerprint density at radius 2 is 1.78 bits per heavy atom. The van der Waals surface area contributed by atoms with Gasteiger partial charge in [-0.1, -0.05) is 6.07 Å². The van der Waals surface area contributed by atoms with Crippen molar-refractivity contribution in [2.24, 2.45) is 0 Å². The molecule has 2 aromatic carbocycles. The highest BCUT2D eigenvalue weighted by molar-refractivity contribution is 5.95. The molecule has 0 atom stereocenters. The summed E-state index contributed by atoms with van der Waals surface area (Å²) in [4.78, 5) is 23.1. The molecule has 2 amide bonds. The predicted molar refractivity (Wildman–Crippen MR) is 84.9 cm³/mol. The standard InChI is InChI=1S/C17H16N2O4/c1-11(20)13-3-5-14(6-4-13)19-17(21)18-9-12-2-7-15-16(8-12)23-10-22-15/h2-8H,9-10H2,1H3,(H2,18,19,21). The van der Waals surface area contributed by atoms with Crippen molar-refractivity contribution < 1.29 is 19.1 Å². The SMILES string of the molecule is CC(=O)c1ccc(NC(=O)NCc2ccc3c(c2)OCO3)cc1. The van der Waals surface area contributed by atoms with E-state index in [2.05, 4.69) is 10.6 Å². The highest BCUT2D eigenvalue weighted by Crippen LogP contribution is 2.32. The first-order chi connectivity index (χ1) is 11.1. The average Bonchev–Trinajstić information content (AvgIpc) is 3.01. The molecule has 0 fully saturated rings. The Labute approximate surface area is 133 Å². The van der Waals surface area contributed by atoms with Gasteiger partial charge in [-0.3, -0.25) is 4.79 Å². The van der Waals surface area contributed by atoms with Gasteiger partial charge in [0.2, 0.25) is 6.79 Å². The smallest absolute Gasteiger partial charge is 0.319 e. The molecule has 1 heterocycles. The van der Waals surface area contributed by atoms with Gasteiger partial charge in [-0.2, -0.15) is 0 Å². The molecule has 118 valence electrons. The highest BCUT2D eigenvalue weighted by atomic mass is 16.7. The van der Waals surface area contributed by atoms with Crippen molar-refractivity contribution in [1.29, 1.82) is 0 Å². The summed E-state index contributed by atoms with van der Waals surface area (Å²) in [6, 6.07) is 11.9. The monoisotopic (exact) mass is 312 g/mol. The van der Waals surface area contributed by atoms with E-state index in [1.807, 2.05) is 18.2 Å². The van der Waals surface area contributed by atoms with E-state index >= 15 is 0 Å². The fourth-order valence-electron chi connectivity index (χ4n) is 2.20. The Morgan fingerprint density at radius 3 is 2.52 bits per heavy atom. The molecule has 3 rings (SSSR count). The summed E-state index contributed by atoms with van der Waals surface area (Å²) in [6.07, 6.45) is 0. The summed E-state index contributed by atoms with van der Waals surface area (Å²) in [5.41, 5.74) is 2.14. The summed E-state index contributed by atoms with van der Waals surface area (Å²) in [5, 5.41) is 5.48. The molecule has 0 unspecified atom stereocenters. The number of ketones is 1. The molecule has 0 saturated carbocycles. The number of carbonyl (C=O) groups excluding carboxylic acids is 2. The molecule has 0 saturated heterocycles. The van der Waals surface area contributed by atoms with E-state index in [1.165, 1.54) is 6.92 Å². The zero-order valence-electron chi connectivity index (χ0n) is 12.6. The minimum atomic E-state index is -0.321. The first-order valence-corrected chi connectivity index (χ1v) is 7.16. The van der Waals surface area contributed by atoms with Crippen molar-refractivity contribution in [2.45, 2.75) is 13.5 Å². The normalized spacial score (nSPS) is 11.9. The first-order valence-electron chi connectivity index (χ1n) is 7.16. The molecule has 6 nitrogen and oxygen atoms in total. The van der Waals surface area contributed by atoms with Crippen LogP contribution < -0.4 is 20.1 Å². The van der Waals surface area contributed by atoms with Gasteiger partial charge in [0, 0.05) is 17.8 Å². The van der Waals surface area contributed by atoms with Crippen molar-refractivity contribution in [1.82, 2.24) is 5.32 Å². The van der Waals surface area contributed by atoms with E-state index in [-0.39, 0.29) is 18.6 Å². The van der Waals surface area contributed by atoms with E-state index in [0.717, 1.165) is 5.56 Å². The zero-order valence-corrected chi connectivity index (χ0v) is 12.6. The Hall–Kier alpha value is -3.02. The second kappa shape index (κ2) is 6.39. The van der Waals surface area contributed by atoms with Gasteiger partial charge in [-0.25, -0.2) is 4.79 Å². The fourth-order valence-corrected chi connectivity index (χ4v) is 2.20. The number of ether oxygens (including phenoxy) is 2. The Bertz CT molecular complexity index is 741. The van der Waals surface area contributed by atoms with E-state index in [1.54, 1.807) is 24.3 Å². The summed E-state index contributed by atoms with van der Waals surface area (Å²) < 4.78 is 10.5. The fraction of sp³-hybridized carbons (Fsp3) is 0.176. The van der Waals surface area contributed by atoms with Crippen LogP contribution in [0.1, 0.15) is 22.8 Å². The quantitative estimate of drug-likeness (QED) is 0.851. The molecule has 0 aliphatic carbocycles. The second-order valence-electron chi connectivity index (χ2n) is 5.13. The number of rotatable bonds is 4. The number of Topliss-reactive ketones (excluding diaryl/α,β-unsaturated/α-hetero) is 1. The van der Waals surface area contributed by atoms with Gasteiger partial charge in [0.05, 0.1) is 0 Å². The second-order valence-corrected chi connectivity index (χ2v) is 5.13. The van der Waals surface area contributed by atoms with Crippen LogP contribution in [0.3, 0.4) is 0 Å². The maximum absolute atomic E-state index is 11.9. The van der Waals surface area contributed by atoms with Crippen LogP contribution in [0.15, 0.2) is 42.5 Å². The lowest BCUT2D eigenvalue weighted by molar-refractivity contribution is 0.101. The molecule has 0 radical (unpaired) electrons. The number of benzene rings is 2. The summed E-state index contributed by atoms with van der Waals surface area (Å²) >= 11 is 0. The molecule has 2 aromatic rings. The van der Waals surface area contributed by atoms with E-state index in [0.29, 0.717) is 29.3 Å². The van der Waals surface area contributed by atoms with Gasteiger partial charge in [0.25, 0.3) is 0 Å². The molecule has 0 bridgehead atoms. The van der Waals surface area contributed by atoms with Crippen LogP contribution in [0.4, 0.5) is 10.5 Å². The van der Waals surface area contributed by atoms with Gasteiger partial charge in [0.15, 0.2) is 17.3 Å². The van der Waals surface area contributed by atoms with Crippen LogP contribution in [0, 0.1) is 0 Å². The number of amides is 2. The minimum absolute atomic E-state index is 0.0104. The van der Waals surface area contributed by atoms with Gasteiger partial charge < -0.3 is 20.1 Å². The minimum Gasteiger partial charge on any atom is -0.454 e. The van der Waals surface area contributed by atoms with Crippen LogP contribution in [0.25, 0.3) is 0 Å². The first kappa shape index (κ1) is 14.9. The number of hydrogen-bond acceptors (Lipinski definition) is 4. The lowest BCUT2D eigenvalue weighted by atomic mass is 10.1. The van der Waals surface area contributed by atoms with Gasteiger partial charge in [0.1, 0.15) is 0 Å². The Kier molecular flexibility index (Phi) is 4.14. The third-order valence-electron chi connectivity index (χ3n) is 3.44. The third kappa shape index (κ3) is 3.60. The maximum atomic E-state index is 11.9. The number of carbonyl (C=O) groups is 2. The average molecular weight is 312 g/mol. The van der Waals surface area contributed by atoms with E-state index < -0.39 is 0 Å². The lowest BCUT2D eigenvalue weighted by Crippen LogP contribution is -2.28. The molecule has 1 aliphatic rings. The van der Waals surface area contributed by atoms with Crippen LogP contribution in [-0.4, -0.2) is 18.6 Å². The number of anilines is 1. The van der Waals surface area contributed by atoms with Crippen LogP contribution in [0.2, 0.25) is 0 Å². The van der Waals surface area contributed by atoms with Crippen molar-refractivity contribution in [3.63, 3.8) is 0 Å². The Balaban J connectivity index is 1.54. The zero-order chi connectivity index (χ0) is 16.2. The van der Waals surface area contributed by atoms with Crippen molar-refractivity contribution >= 4 is 17.5 Å². The van der Waals surface area contributed by atoms with Gasteiger partial charge in [-0.15, -0.1) is 0 Å². The number of hydrogen-bond donors (Lipinski definition) is 2. The number of urea groups is 1. The number of nitrogens with one attached hydrogen (secondary N) is 2. The lowest BCUT2D eigenvalue weighted by Gasteiger charge is -2.08. The van der Waals surface area contributed by atoms with Crippen LogP contribution >= 0.6 is 0 Å². The summed E-state index contributed by atoms with van der Waals surface area (Å²) in [5.74, 6) is 1.39. The van der Waals surface area contributed by atoms with Crippen LogP contribution in [-0.2, 0) is 6.54 Å². The highest BCUT2D eigenvalue weighted by Gasteiger charge is 2.13. The van der Waals surface area contributed by atoms with E-state index in [9.17, 15) is 9.59 Å². The summed E-state index contributed by atoms with van der Waals surface area (Å²) in [7, 11) is 0. The molecule has 0 aromatic heterocycles. The molecular weight excluding hydrogens is 296 g/mol.